The van der Waals surface area contributed by atoms with E-state index in [9.17, 15) is 0 Å². The predicted octanol–water partition coefficient (Wildman–Crippen LogP) is 2.75. The fourth-order valence-corrected chi connectivity index (χ4v) is 2.34. The Morgan fingerprint density at radius 3 is 2.81 bits per heavy atom. The normalized spacial score (nSPS) is 26.9. The van der Waals surface area contributed by atoms with Gasteiger partial charge in [0.2, 0.25) is 0 Å². The summed E-state index contributed by atoms with van der Waals surface area (Å²) in [6.07, 6.45) is 2.62. The van der Waals surface area contributed by atoms with Crippen LogP contribution in [0.2, 0.25) is 5.15 Å². The minimum Gasteiger partial charge on any atom is -0.295 e. The summed E-state index contributed by atoms with van der Waals surface area (Å²) in [4.78, 5) is 2.48. The first-order valence-electron chi connectivity index (χ1n) is 5.87. The number of hydrogen-bond donors (Lipinski definition) is 0. The molecule has 0 N–H and O–H groups in total. The minimum atomic E-state index is 0.462. The van der Waals surface area contributed by atoms with Gasteiger partial charge in [-0.05, 0) is 37.8 Å². The monoisotopic (exact) mass is 239 g/mol. The van der Waals surface area contributed by atoms with Crippen LogP contribution in [0.5, 0.6) is 0 Å². The average Bonchev–Trinajstić information content (AvgIpc) is 2.27. The lowest BCUT2D eigenvalue weighted by atomic mass is 9.95. The Labute approximate surface area is 102 Å². The molecule has 16 heavy (non-hydrogen) atoms. The number of rotatable bonds is 2. The van der Waals surface area contributed by atoms with Crippen LogP contribution in [0.4, 0.5) is 0 Å². The molecule has 1 aliphatic rings. The first-order chi connectivity index (χ1) is 7.65. The van der Waals surface area contributed by atoms with E-state index in [4.69, 9.17) is 11.6 Å². The Kier molecular flexibility index (Phi) is 3.77. The van der Waals surface area contributed by atoms with E-state index in [1.54, 1.807) is 0 Å². The quantitative estimate of drug-likeness (QED) is 0.795. The second-order valence-corrected chi connectivity index (χ2v) is 5.20. The summed E-state index contributed by atoms with van der Waals surface area (Å²) < 4.78 is 0. The molecule has 2 atom stereocenters. The highest BCUT2D eigenvalue weighted by molar-refractivity contribution is 6.29. The van der Waals surface area contributed by atoms with Crippen molar-refractivity contribution in [3.63, 3.8) is 0 Å². The molecule has 2 rings (SSSR count). The van der Waals surface area contributed by atoms with Crippen molar-refractivity contribution in [3.8, 4) is 0 Å². The lowest BCUT2D eigenvalue weighted by Gasteiger charge is -2.36. The highest BCUT2D eigenvalue weighted by Gasteiger charge is 2.22. The summed E-state index contributed by atoms with van der Waals surface area (Å²) >= 11 is 5.72. The molecule has 0 radical (unpaired) electrons. The maximum absolute atomic E-state index is 5.72. The van der Waals surface area contributed by atoms with Gasteiger partial charge in [0.15, 0.2) is 5.15 Å². The summed E-state index contributed by atoms with van der Waals surface area (Å²) in [5, 5.41) is 8.45. The molecule has 88 valence electrons. The molecular formula is C12H18ClN3. The van der Waals surface area contributed by atoms with Crippen molar-refractivity contribution in [3.05, 3.63) is 23.0 Å². The third-order valence-electron chi connectivity index (χ3n) is 3.30. The predicted molar refractivity (Wildman–Crippen MR) is 65.3 cm³/mol. The molecule has 1 saturated heterocycles. The molecule has 0 aromatic carbocycles. The fourth-order valence-electron chi connectivity index (χ4n) is 2.24. The molecule has 0 amide bonds. The van der Waals surface area contributed by atoms with Crippen LogP contribution >= 0.6 is 11.6 Å². The van der Waals surface area contributed by atoms with Crippen molar-refractivity contribution >= 4 is 11.6 Å². The van der Waals surface area contributed by atoms with Gasteiger partial charge in [-0.15, -0.1) is 5.10 Å². The van der Waals surface area contributed by atoms with Crippen LogP contribution < -0.4 is 0 Å². The zero-order valence-corrected chi connectivity index (χ0v) is 10.6. The van der Waals surface area contributed by atoms with Crippen LogP contribution in [0.3, 0.4) is 0 Å². The first-order valence-corrected chi connectivity index (χ1v) is 6.25. The molecule has 1 aromatic heterocycles. The van der Waals surface area contributed by atoms with Gasteiger partial charge >= 0.3 is 0 Å². The molecule has 1 fully saturated rings. The van der Waals surface area contributed by atoms with Crippen LogP contribution in [-0.4, -0.2) is 27.7 Å². The van der Waals surface area contributed by atoms with E-state index >= 15 is 0 Å². The first kappa shape index (κ1) is 11.8. The Balaban J connectivity index is 2.00. The molecule has 2 heterocycles. The topological polar surface area (TPSA) is 29.0 Å². The Bertz CT molecular complexity index is 339. The van der Waals surface area contributed by atoms with Crippen LogP contribution in [0.1, 0.15) is 32.4 Å². The number of piperidine rings is 1. The number of aromatic nitrogens is 2. The Hall–Kier alpha value is -0.670. The molecule has 3 nitrogen and oxygen atoms in total. The van der Waals surface area contributed by atoms with E-state index in [0.29, 0.717) is 11.2 Å². The van der Waals surface area contributed by atoms with E-state index in [1.807, 2.05) is 12.1 Å². The molecule has 1 aromatic rings. The van der Waals surface area contributed by atoms with Gasteiger partial charge < -0.3 is 0 Å². The van der Waals surface area contributed by atoms with Gasteiger partial charge in [-0.2, -0.15) is 5.10 Å². The van der Waals surface area contributed by atoms with E-state index < -0.39 is 0 Å². The maximum atomic E-state index is 5.72. The average molecular weight is 240 g/mol. The van der Waals surface area contributed by atoms with Crippen LogP contribution in [-0.2, 0) is 6.54 Å². The zero-order chi connectivity index (χ0) is 11.5. The minimum absolute atomic E-state index is 0.462. The van der Waals surface area contributed by atoms with Gasteiger partial charge in [0.1, 0.15) is 0 Å². The second-order valence-electron chi connectivity index (χ2n) is 4.81. The number of likely N-dealkylation sites (tertiary alicyclic amines) is 1. The van der Waals surface area contributed by atoms with Gasteiger partial charge in [0.05, 0.1) is 5.69 Å². The van der Waals surface area contributed by atoms with Gasteiger partial charge in [-0.1, -0.05) is 18.5 Å². The summed E-state index contributed by atoms with van der Waals surface area (Å²) in [5.41, 5.74) is 1.00. The third kappa shape index (κ3) is 2.92. The smallest absolute Gasteiger partial charge is 0.151 e. The lowest BCUT2D eigenvalue weighted by molar-refractivity contribution is 0.115. The van der Waals surface area contributed by atoms with E-state index in [-0.39, 0.29) is 0 Å². The van der Waals surface area contributed by atoms with Gasteiger partial charge in [0, 0.05) is 19.1 Å². The number of halogens is 1. The van der Waals surface area contributed by atoms with Gasteiger partial charge in [-0.25, -0.2) is 0 Å². The van der Waals surface area contributed by atoms with E-state index in [2.05, 4.69) is 28.9 Å². The van der Waals surface area contributed by atoms with Crippen molar-refractivity contribution in [2.45, 2.75) is 39.3 Å². The SMILES string of the molecule is CC1CCC(C)N(Cc2ccc(Cl)nn2)C1. The Morgan fingerprint density at radius 2 is 2.12 bits per heavy atom. The molecule has 0 aliphatic carbocycles. The Morgan fingerprint density at radius 1 is 1.31 bits per heavy atom. The molecule has 4 heteroatoms. The summed E-state index contributed by atoms with van der Waals surface area (Å²) in [6.45, 7) is 6.64. The largest absolute Gasteiger partial charge is 0.295 e. The molecule has 2 unspecified atom stereocenters. The summed E-state index contributed by atoms with van der Waals surface area (Å²) in [6, 6.07) is 4.41. The zero-order valence-electron chi connectivity index (χ0n) is 9.86. The van der Waals surface area contributed by atoms with Crippen molar-refractivity contribution in [2.75, 3.05) is 6.54 Å². The van der Waals surface area contributed by atoms with Crippen LogP contribution in [0.25, 0.3) is 0 Å². The molecular weight excluding hydrogens is 222 g/mol. The molecule has 0 bridgehead atoms. The van der Waals surface area contributed by atoms with Crippen molar-refractivity contribution in [1.29, 1.82) is 0 Å². The second kappa shape index (κ2) is 5.11. The highest BCUT2D eigenvalue weighted by atomic mass is 35.5. The fraction of sp³-hybridized carbons (Fsp3) is 0.667. The van der Waals surface area contributed by atoms with Crippen LogP contribution in [0, 0.1) is 5.92 Å². The van der Waals surface area contributed by atoms with E-state index in [1.165, 1.54) is 12.8 Å². The van der Waals surface area contributed by atoms with Gasteiger partial charge in [-0.3, -0.25) is 4.90 Å². The summed E-state index contributed by atoms with van der Waals surface area (Å²) in [5.74, 6) is 0.788. The van der Waals surface area contributed by atoms with Crippen molar-refractivity contribution < 1.29 is 0 Å². The lowest BCUT2D eigenvalue weighted by Crippen LogP contribution is -2.40. The highest BCUT2D eigenvalue weighted by Crippen LogP contribution is 2.22. The maximum Gasteiger partial charge on any atom is 0.151 e. The standard InChI is InChI=1S/C12H18ClN3/c1-9-3-4-10(2)16(7-9)8-11-5-6-12(13)15-14-11/h5-6,9-10H,3-4,7-8H2,1-2H3. The number of hydrogen-bond acceptors (Lipinski definition) is 3. The molecule has 1 aliphatic heterocycles. The van der Waals surface area contributed by atoms with Crippen LogP contribution in [0.15, 0.2) is 12.1 Å². The molecule has 0 spiro atoms. The van der Waals surface area contributed by atoms with Crippen molar-refractivity contribution in [1.82, 2.24) is 15.1 Å². The number of nitrogens with zero attached hydrogens (tertiary/aromatic N) is 3. The third-order valence-corrected chi connectivity index (χ3v) is 3.50. The van der Waals surface area contributed by atoms with Gasteiger partial charge in [0.25, 0.3) is 0 Å². The molecule has 0 saturated carbocycles. The summed E-state index contributed by atoms with van der Waals surface area (Å²) in [7, 11) is 0. The van der Waals surface area contributed by atoms with E-state index in [0.717, 1.165) is 24.7 Å². The van der Waals surface area contributed by atoms with Crippen molar-refractivity contribution in [2.24, 2.45) is 5.92 Å².